The van der Waals surface area contributed by atoms with E-state index in [9.17, 15) is 14.4 Å². The van der Waals surface area contributed by atoms with Gasteiger partial charge in [0, 0.05) is 9.75 Å². The Bertz CT molecular complexity index is 1390. The Morgan fingerprint density at radius 3 is 2.55 bits per heavy atom. The van der Waals surface area contributed by atoms with Gasteiger partial charge >= 0.3 is 11.9 Å². The normalized spacial score (nSPS) is 14.9. The Hall–Kier alpha value is -2.62. The van der Waals surface area contributed by atoms with Gasteiger partial charge in [0.15, 0.2) is 0 Å². The summed E-state index contributed by atoms with van der Waals surface area (Å²) in [5.41, 5.74) is 5.45. The van der Waals surface area contributed by atoms with Crippen molar-refractivity contribution in [2.75, 3.05) is 19.0 Å². The molecule has 0 radical (unpaired) electrons. The van der Waals surface area contributed by atoms with Gasteiger partial charge in [0.2, 0.25) is 5.91 Å². The van der Waals surface area contributed by atoms with Crippen LogP contribution in [0, 0.1) is 0 Å². The number of rotatable bonds is 7. The lowest BCUT2D eigenvalue weighted by Gasteiger charge is -2.16. The Kier molecular flexibility index (Phi) is 8.26. The monoisotopic (exact) mass is 569 g/mol. The summed E-state index contributed by atoms with van der Waals surface area (Å²) >= 11 is 4.43. The van der Waals surface area contributed by atoms with E-state index in [0.29, 0.717) is 22.7 Å². The van der Waals surface area contributed by atoms with Gasteiger partial charge in [-0.15, -0.1) is 34.4 Å². The molecule has 0 spiro atoms. The van der Waals surface area contributed by atoms with E-state index >= 15 is 0 Å². The van der Waals surface area contributed by atoms with Gasteiger partial charge in [0.25, 0.3) is 0 Å². The van der Waals surface area contributed by atoms with Crippen LogP contribution < -0.4 is 5.32 Å². The highest BCUT2D eigenvalue weighted by Gasteiger charge is 2.32. The zero-order chi connectivity index (χ0) is 26.8. The van der Waals surface area contributed by atoms with Gasteiger partial charge < -0.3 is 14.8 Å². The van der Waals surface area contributed by atoms with Crippen molar-refractivity contribution in [2.45, 2.75) is 68.3 Å². The number of hydrogen-bond acceptors (Lipinski definition) is 8. The SMILES string of the molecule is CCOC(=O)c1c(SC(C)C(=O)Nc2sc3c(c2C(=O)OC)CCc2ccccc2-3)sc2c1CCCCC2. The molecule has 0 bridgehead atoms. The molecule has 1 unspecified atom stereocenters. The number of esters is 2. The van der Waals surface area contributed by atoms with Crippen molar-refractivity contribution in [3.8, 4) is 10.4 Å². The number of nitrogens with one attached hydrogen (secondary N) is 1. The summed E-state index contributed by atoms with van der Waals surface area (Å²) in [5.74, 6) is -0.964. The zero-order valence-corrected chi connectivity index (χ0v) is 24.3. The number of aryl methyl sites for hydroxylation is 2. The van der Waals surface area contributed by atoms with E-state index in [2.05, 4.69) is 17.4 Å². The van der Waals surface area contributed by atoms with Crippen LogP contribution in [0.5, 0.6) is 0 Å². The first-order valence-corrected chi connectivity index (χ1v) is 15.6. The Morgan fingerprint density at radius 2 is 1.76 bits per heavy atom. The van der Waals surface area contributed by atoms with Gasteiger partial charge in [-0.1, -0.05) is 30.7 Å². The molecule has 2 heterocycles. The van der Waals surface area contributed by atoms with Crippen molar-refractivity contribution >= 4 is 57.3 Å². The maximum absolute atomic E-state index is 13.5. The second-order valence-electron chi connectivity index (χ2n) is 9.46. The van der Waals surface area contributed by atoms with Crippen LogP contribution in [0.3, 0.4) is 0 Å². The predicted molar refractivity (Wildman–Crippen MR) is 154 cm³/mol. The van der Waals surface area contributed by atoms with Gasteiger partial charge in [-0.05, 0) is 74.6 Å². The largest absolute Gasteiger partial charge is 0.465 e. The number of amides is 1. The third-order valence-corrected chi connectivity index (χ3v) is 10.9. The number of thiophene rings is 2. The van der Waals surface area contributed by atoms with Crippen molar-refractivity contribution in [1.82, 2.24) is 0 Å². The molecule has 2 aliphatic carbocycles. The van der Waals surface area contributed by atoms with Gasteiger partial charge in [0.05, 0.1) is 34.3 Å². The average molecular weight is 570 g/mol. The van der Waals surface area contributed by atoms with Crippen LogP contribution in [0.2, 0.25) is 0 Å². The predicted octanol–water partition coefficient (Wildman–Crippen LogP) is 6.93. The molecule has 38 heavy (non-hydrogen) atoms. The Morgan fingerprint density at radius 1 is 0.974 bits per heavy atom. The lowest BCUT2D eigenvalue weighted by molar-refractivity contribution is -0.115. The highest BCUT2D eigenvalue weighted by molar-refractivity contribution is 8.02. The number of thioether (sulfide) groups is 1. The van der Waals surface area contributed by atoms with E-state index in [1.165, 1.54) is 40.6 Å². The maximum atomic E-state index is 13.5. The van der Waals surface area contributed by atoms with Crippen LogP contribution in [-0.4, -0.2) is 36.8 Å². The van der Waals surface area contributed by atoms with E-state index in [4.69, 9.17) is 9.47 Å². The summed E-state index contributed by atoms with van der Waals surface area (Å²) in [6, 6.07) is 8.18. The fraction of sp³-hybridized carbons (Fsp3) is 0.414. The molecule has 2 aliphatic rings. The lowest BCUT2D eigenvalue weighted by Crippen LogP contribution is -2.23. The number of fused-ring (bicyclic) bond motifs is 4. The first-order chi connectivity index (χ1) is 18.4. The summed E-state index contributed by atoms with van der Waals surface area (Å²) < 4.78 is 11.4. The summed E-state index contributed by atoms with van der Waals surface area (Å²) in [7, 11) is 1.37. The van der Waals surface area contributed by atoms with Crippen LogP contribution in [0.25, 0.3) is 10.4 Å². The minimum atomic E-state index is -0.484. The molecular formula is C29H31NO5S3. The maximum Gasteiger partial charge on any atom is 0.341 e. The molecule has 200 valence electrons. The number of hydrogen-bond donors (Lipinski definition) is 1. The second kappa shape index (κ2) is 11.6. The third-order valence-electron chi connectivity index (χ3n) is 7.06. The van der Waals surface area contributed by atoms with E-state index in [-0.39, 0.29) is 11.9 Å². The minimum Gasteiger partial charge on any atom is -0.465 e. The van der Waals surface area contributed by atoms with Crippen LogP contribution in [0.1, 0.15) is 75.4 Å². The summed E-state index contributed by atoms with van der Waals surface area (Å²) in [5, 5.41) is 3.06. The summed E-state index contributed by atoms with van der Waals surface area (Å²) in [4.78, 5) is 41.5. The van der Waals surface area contributed by atoms with E-state index in [0.717, 1.165) is 70.7 Å². The van der Waals surface area contributed by atoms with E-state index < -0.39 is 11.2 Å². The molecule has 0 saturated heterocycles. The number of methoxy groups -OCH3 is 1. The standard InChI is InChI=1S/C29H31NO5S3/c1-4-35-28(33)23-19-12-6-5-7-13-21(19)37-29(23)36-16(2)25(31)30-26-22(27(32)34-3)20-15-14-17-10-8-9-11-18(17)24(20)38-26/h8-11,16H,4-7,12-15H2,1-3H3,(H,30,31). The van der Waals surface area contributed by atoms with Crippen LogP contribution >= 0.6 is 34.4 Å². The van der Waals surface area contributed by atoms with Crippen molar-refractivity contribution in [3.05, 3.63) is 57.0 Å². The van der Waals surface area contributed by atoms with Gasteiger partial charge in [0.1, 0.15) is 5.00 Å². The molecule has 9 heteroatoms. The number of ether oxygens (including phenoxy) is 2. The van der Waals surface area contributed by atoms with Crippen LogP contribution in [0.15, 0.2) is 28.5 Å². The topological polar surface area (TPSA) is 81.7 Å². The van der Waals surface area contributed by atoms with E-state index in [1.807, 2.05) is 26.0 Å². The van der Waals surface area contributed by atoms with Gasteiger partial charge in [-0.2, -0.15) is 0 Å². The molecule has 0 saturated carbocycles. The average Bonchev–Trinajstić information content (AvgIpc) is 3.36. The second-order valence-corrected chi connectivity index (χ2v) is 13.2. The number of anilines is 1. The molecule has 0 fully saturated rings. The fourth-order valence-corrected chi connectivity index (χ4v) is 9.33. The summed E-state index contributed by atoms with van der Waals surface area (Å²) in [6.07, 6.45) is 6.70. The zero-order valence-electron chi connectivity index (χ0n) is 21.8. The summed E-state index contributed by atoms with van der Waals surface area (Å²) in [6.45, 7) is 3.95. The Labute approximate surface area is 235 Å². The van der Waals surface area contributed by atoms with Crippen molar-refractivity contribution in [2.24, 2.45) is 0 Å². The molecule has 1 amide bonds. The molecule has 3 aromatic rings. The molecule has 6 nitrogen and oxygen atoms in total. The molecule has 0 aliphatic heterocycles. The fourth-order valence-electron chi connectivity index (χ4n) is 5.18. The van der Waals surface area contributed by atoms with Gasteiger partial charge in [-0.25, -0.2) is 9.59 Å². The highest BCUT2D eigenvalue weighted by atomic mass is 32.2. The first kappa shape index (κ1) is 27.0. The van der Waals surface area contributed by atoms with Crippen molar-refractivity contribution in [1.29, 1.82) is 0 Å². The first-order valence-electron chi connectivity index (χ1n) is 13.0. The lowest BCUT2D eigenvalue weighted by atomic mass is 9.89. The molecule has 1 N–H and O–H groups in total. The molecule has 1 atom stereocenters. The van der Waals surface area contributed by atoms with Gasteiger partial charge in [-0.3, -0.25) is 4.79 Å². The van der Waals surface area contributed by atoms with Crippen molar-refractivity contribution in [3.63, 3.8) is 0 Å². The Balaban J connectivity index is 1.42. The van der Waals surface area contributed by atoms with Crippen molar-refractivity contribution < 1.29 is 23.9 Å². The van der Waals surface area contributed by atoms with Crippen LogP contribution in [0.4, 0.5) is 5.00 Å². The molecule has 1 aromatic carbocycles. The molecule has 5 rings (SSSR count). The number of carbonyl (C=O) groups excluding carboxylic acids is 3. The van der Waals surface area contributed by atoms with E-state index in [1.54, 1.807) is 11.3 Å². The number of carbonyl (C=O) groups is 3. The third kappa shape index (κ3) is 5.16. The number of benzene rings is 1. The molecular weight excluding hydrogens is 539 g/mol. The highest BCUT2D eigenvalue weighted by Crippen LogP contribution is 2.46. The smallest absolute Gasteiger partial charge is 0.341 e. The van der Waals surface area contributed by atoms with Crippen LogP contribution in [-0.2, 0) is 40.0 Å². The minimum absolute atomic E-state index is 0.217. The quantitative estimate of drug-likeness (QED) is 0.189. The molecule has 2 aromatic heterocycles.